The Morgan fingerprint density at radius 1 is 1.00 bits per heavy atom. The van der Waals surface area contributed by atoms with Gasteiger partial charge in [0.1, 0.15) is 22.9 Å². The van der Waals surface area contributed by atoms with Crippen molar-refractivity contribution in [3.63, 3.8) is 0 Å². The summed E-state index contributed by atoms with van der Waals surface area (Å²) >= 11 is 0. The van der Waals surface area contributed by atoms with Gasteiger partial charge in [-0.3, -0.25) is 18.9 Å². The van der Waals surface area contributed by atoms with E-state index in [1.54, 1.807) is 42.7 Å². The number of likely N-dealkylation sites (tertiary alicyclic amines) is 2. The van der Waals surface area contributed by atoms with Gasteiger partial charge in [0, 0.05) is 55.9 Å². The Morgan fingerprint density at radius 2 is 1.83 bits per heavy atom. The highest BCUT2D eigenvalue weighted by atomic mass is 16.2. The Hall–Kier alpha value is -4.57. The van der Waals surface area contributed by atoms with Gasteiger partial charge in [0.25, 0.3) is 5.91 Å². The summed E-state index contributed by atoms with van der Waals surface area (Å²) in [5, 5.41) is 6.01. The number of hydrogen-bond donors (Lipinski definition) is 2. The molecule has 1 atom stereocenters. The van der Waals surface area contributed by atoms with E-state index in [-0.39, 0.29) is 17.9 Å². The number of aromatic nitrogens is 4. The van der Waals surface area contributed by atoms with Gasteiger partial charge in [-0.1, -0.05) is 24.3 Å². The lowest BCUT2D eigenvalue weighted by Gasteiger charge is -2.22. The van der Waals surface area contributed by atoms with Crippen molar-refractivity contribution in [2.75, 3.05) is 43.9 Å². The van der Waals surface area contributed by atoms with Crippen LogP contribution in [0, 0.1) is 0 Å². The average molecular weight is 551 g/mol. The number of nitrogens with one attached hydrogen (secondary N) is 2. The lowest BCUT2D eigenvalue weighted by Crippen LogP contribution is -2.30. The summed E-state index contributed by atoms with van der Waals surface area (Å²) in [6.45, 7) is 3.72. The van der Waals surface area contributed by atoms with Gasteiger partial charge in [-0.2, -0.15) is 0 Å². The highest BCUT2D eigenvalue weighted by molar-refractivity contribution is 6.04. The first-order valence-electron chi connectivity index (χ1n) is 14.2. The molecule has 0 bridgehead atoms. The molecule has 1 aromatic carbocycles. The largest absolute Gasteiger partial charge is 0.371 e. The molecule has 10 nitrogen and oxygen atoms in total. The van der Waals surface area contributed by atoms with E-state index >= 15 is 0 Å². The van der Waals surface area contributed by atoms with Gasteiger partial charge >= 0.3 is 0 Å². The number of nitrogens with zero attached hydrogens (tertiary/aromatic N) is 6. The number of hydrogen-bond acceptors (Lipinski definition) is 7. The van der Waals surface area contributed by atoms with Crippen LogP contribution in [0.25, 0.3) is 16.8 Å². The predicted molar refractivity (Wildman–Crippen MR) is 159 cm³/mol. The number of amides is 2. The molecular weight excluding hydrogens is 516 g/mol. The van der Waals surface area contributed by atoms with Crippen molar-refractivity contribution in [2.45, 2.75) is 31.7 Å². The van der Waals surface area contributed by atoms with Crippen LogP contribution in [0.3, 0.4) is 0 Å². The molecule has 0 spiro atoms. The van der Waals surface area contributed by atoms with Crippen molar-refractivity contribution >= 4 is 29.0 Å². The molecule has 1 unspecified atom stereocenters. The maximum atomic E-state index is 13.3. The molecule has 2 aliphatic heterocycles. The number of rotatable bonds is 8. The smallest absolute Gasteiger partial charge is 0.256 e. The molecule has 2 fully saturated rings. The second-order valence-electron chi connectivity index (χ2n) is 10.4. The minimum absolute atomic E-state index is 0.0242. The molecule has 2 aliphatic rings. The maximum absolute atomic E-state index is 13.3. The van der Waals surface area contributed by atoms with E-state index in [1.165, 1.54) is 12.8 Å². The molecule has 4 aromatic rings. The zero-order valence-corrected chi connectivity index (χ0v) is 23.2. The van der Waals surface area contributed by atoms with Crippen LogP contribution in [0.15, 0.2) is 73.2 Å². The molecule has 2 amide bonds. The topological polar surface area (TPSA) is 108 Å². The second kappa shape index (κ2) is 11.9. The van der Waals surface area contributed by atoms with Crippen molar-refractivity contribution in [3.05, 3.63) is 84.6 Å². The van der Waals surface area contributed by atoms with Crippen LogP contribution in [-0.4, -0.2) is 74.2 Å². The van der Waals surface area contributed by atoms with E-state index in [2.05, 4.69) is 25.5 Å². The van der Waals surface area contributed by atoms with Gasteiger partial charge in [-0.25, -0.2) is 15.0 Å². The number of fused-ring (bicyclic) bond motifs is 1. The lowest BCUT2D eigenvalue weighted by molar-refractivity contribution is -0.127. The average Bonchev–Trinajstić information content (AvgIpc) is 3.78. The molecule has 41 heavy (non-hydrogen) atoms. The van der Waals surface area contributed by atoms with E-state index in [9.17, 15) is 9.59 Å². The molecule has 0 saturated carbocycles. The quantitative estimate of drug-likeness (QED) is 0.313. The number of carbonyl (C=O) groups is 2. The van der Waals surface area contributed by atoms with Crippen molar-refractivity contribution in [3.8, 4) is 11.3 Å². The van der Waals surface area contributed by atoms with Gasteiger partial charge in [0.05, 0.1) is 6.04 Å². The summed E-state index contributed by atoms with van der Waals surface area (Å²) < 4.78 is 2.04. The third-order valence-corrected chi connectivity index (χ3v) is 7.80. The summed E-state index contributed by atoms with van der Waals surface area (Å²) in [5.41, 5.74) is 2.95. The number of carbonyl (C=O) groups excluding carboxylic acids is 2. The van der Waals surface area contributed by atoms with Gasteiger partial charge in [-0.15, -0.1) is 0 Å². The first-order valence-corrected chi connectivity index (χ1v) is 14.2. The Balaban J connectivity index is 1.28. The summed E-state index contributed by atoms with van der Waals surface area (Å²) in [5.74, 6) is 1.79. The van der Waals surface area contributed by atoms with Crippen molar-refractivity contribution in [1.29, 1.82) is 0 Å². The van der Waals surface area contributed by atoms with Gasteiger partial charge in [-0.05, 0) is 63.0 Å². The first kappa shape index (κ1) is 26.6. The minimum Gasteiger partial charge on any atom is -0.371 e. The fraction of sp³-hybridized carbons (Fsp3) is 0.323. The number of imidazole rings is 1. The fourth-order valence-corrected chi connectivity index (χ4v) is 5.75. The zero-order valence-electron chi connectivity index (χ0n) is 23.2. The Bertz CT molecular complexity index is 1560. The lowest BCUT2D eigenvalue weighted by atomic mass is 10.1. The van der Waals surface area contributed by atoms with Crippen molar-refractivity contribution in [1.82, 2.24) is 29.2 Å². The molecule has 2 N–H and O–H groups in total. The Morgan fingerprint density at radius 3 is 2.59 bits per heavy atom. The molecule has 2 saturated heterocycles. The summed E-state index contributed by atoms with van der Waals surface area (Å²) in [4.78, 5) is 44.2. The second-order valence-corrected chi connectivity index (χ2v) is 10.4. The third kappa shape index (κ3) is 5.55. The molecule has 10 heteroatoms. The number of anilines is 2. The Labute approximate surface area is 239 Å². The zero-order chi connectivity index (χ0) is 28.2. The highest BCUT2D eigenvalue weighted by Gasteiger charge is 2.33. The van der Waals surface area contributed by atoms with Crippen LogP contribution in [0.2, 0.25) is 0 Å². The van der Waals surface area contributed by atoms with Crippen LogP contribution in [0.4, 0.5) is 11.6 Å². The molecule has 0 radical (unpaired) electrons. The molecule has 5 heterocycles. The third-order valence-electron chi connectivity index (χ3n) is 7.80. The first-order chi connectivity index (χ1) is 20.1. The number of benzene rings is 1. The van der Waals surface area contributed by atoms with Crippen molar-refractivity contribution < 1.29 is 9.59 Å². The van der Waals surface area contributed by atoms with Crippen LogP contribution >= 0.6 is 0 Å². The molecule has 0 aliphatic carbocycles. The van der Waals surface area contributed by atoms with Crippen LogP contribution < -0.4 is 10.6 Å². The van der Waals surface area contributed by atoms with Gasteiger partial charge in [0.15, 0.2) is 5.82 Å². The van der Waals surface area contributed by atoms with E-state index in [4.69, 9.17) is 4.98 Å². The summed E-state index contributed by atoms with van der Waals surface area (Å²) in [6, 6.07) is 12.6. The normalized spacial score (nSPS) is 17.5. The Kier molecular flexibility index (Phi) is 7.73. The SMILES string of the molecule is CNc1nccn2c(C3CCCN3C(=O)/C=C/CN3CCCC3)nc(-c3ccc(C(=O)Nc4ccccn4)cc3)c12. The van der Waals surface area contributed by atoms with E-state index in [0.29, 0.717) is 23.7 Å². The van der Waals surface area contributed by atoms with E-state index in [1.807, 2.05) is 46.8 Å². The molecular formula is C31H34N8O2. The van der Waals surface area contributed by atoms with Gasteiger partial charge in [0.2, 0.25) is 5.91 Å². The fourth-order valence-electron chi connectivity index (χ4n) is 5.75. The van der Waals surface area contributed by atoms with Crippen LogP contribution in [0.5, 0.6) is 0 Å². The maximum Gasteiger partial charge on any atom is 0.256 e. The molecule has 3 aromatic heterocycles. The molecule has 6 rings (SSSR count). The molecule has 210 valence electrons. The van der Waals surface area contributed by atoms with E-state index < -0.39 is 0 Å². The number of pyridine rings is 1. The predicted octanol–water partition coefficient (Wildman–Crippen LogP) is 4.40. The standard InChI is InChI=1S/C31H34N8O2/c1-32-29-28-27(22-11-13-23(14-12-22)31(41)35-25-9-2-3-15-33-25)36-30(39(28)21-16-34-29)24-8-6-20-38(24)26(40)10-7-19-37-17-4-5-18-37/h2-3,7,9-16,21,24H,4-6,8,17-20H2,1H3,(H,32,34)(H,33,35,41)/b10-7+. The highest BCUT2D eigenvalue weighted by Crippen LogP contribution is 2.37. The monoisotopic (exact) mass is 550 g/mol. The summed E-state index contributed by atoms with van der Waals surface area (Å²) in [6.07, 6.45) is 13.2. The van der Waals surface area contributed by atoms with E-state index in [0.717, 1.165) is 55.1 Å². The summed E-state index contributed by atoms with van der Waals surface area (Å²) in [7, 11) is 1.83. The van der Waals surface area contributed by atoms with Crippen molar-refractivity contribution in [2.24, 2.45) is 0 Å². The van der Waals surface area contributed by atoms with Crippen LogP contribution in [0.1, 0.15) is 47.9 Å². The van der Waals surface area contributed by atoms with Gasteiger partial charge < -0.3 is 15.5 Å². The van der Waals surface area contributed by atoms with Crippen LogP contribution in [-0.2, 0) is 4.79 Å². The minimum atomic E-state index is -0.235.